The van der Waals surface area contributed by atoms with Crippen LogP contribution in [0.4, 0.5) is 0 Å². The first-order valence-corrected chi connectivity index (χ1v) is 12.8. The summed E-state index contributed by atoms with van der Waals surface area (Å²) in [6.07, 6.45) is 2.56. The fourth-order valence-corrected chi connectivity index (χ4v) is 7.30. The summed E-state index contributed by atoms with van der Waals surface area (Å²) in [5.74, 6) is -3.86. The number of carbonyl (C=O) groups is 4. The van der Waals surface area contributed by atoms with Gasteiger partial charge in [-0.25, -0.2) is 4.79 Å². The standard InChI is InChI=1S/C28H29ClO8/c1-27-10-8-17-26(33)37-21(15-9-11-35-14-15)13-28(17,2)23(27)22(30)20(12-18(27)25(32)34-3)36-24(31)16-6-4-5-7-19(16)29/h4-7,9,11,14,17-18,20-21,23H,8,10,12-13H2,1-3H3/t17-,18-,20-,21-,23-,27-,28-/m0/s1. The fourth-order valence-electron chi connectivity index (χ4n) is 7.08. The van der Waals surface area contributed by atoms with Gasteiger partial charge in [-0.3, -0.25) is 14.4 Å². The summed E-state index contributed by atoms with van der Waals surface area (Å²) < 4.78 is 21.9. The van der Waals surface area contributed by atoms with E-state index in [1.807, 2.05) is 13.8 Å². The molecule has 1 aromatic heterocycles. The Kier molecular flexibility index (Phi) is 6.42. The van der Waals surface area contributed by atoms with Crippen molar-refractivity contribution < 1.29 is 37.8 Å². The van der Waals surface area contributed by atoms with Crippen LogP contribution in [0, 0.1) is 28.6 Å². The van der Waals surface area contributed by atoms with Crippen molar-refractivity contribution in [3.05, 3.63) is 59.0 Å². The first kappa shape index (κ1) is 25.5. The molecule has 3 fully saturated rings. The Labute approximate surface area is 219 Å². The van der Waals surface area contributed by atoms with Crippen molar-refractivity contribution in [3.8, 4) is 0 Å². The van der Waals surface area contributed by atoms with Crippen LogP contribution in [0.25, 0.3) is 0 Å². The van der Waals surface area contributed by atoms with Gasteiger partial charge in [0, 0.05) is 17.9 Å². The van der Waals surface area contributed by atoms with Crippen LogP contribution in [0.1, 0.15) is 61.6 Å². The molecule has 2 saturated carbocycles. The molecule has 7 atom stereocenters. The van der Waals surface area contributed by atoms with Crippen LogP contribution in [0.2, 0.25) is 5.02 Å². The minimum atomic E-state index is -1.19. The zero-order chi connectivity index (χ0) is 26.5. The molecule has 1 aliphatic heterocycles. The van der Waals surface area contributed by atoms with E-state index in [1.54, 1.807) is 24.3 Å². The number of furan rings is 1. The van der Waals surface area contributed by atoms with Crippen LogP contribution >= 0.6 is 11.6 Å². The highest BCUT2D eigenvalue weighted by atomic mass is 35.5. The minimum absolute atomic E-state index is 0.00501. The first-order chi connectivity index (χ1) is 17.6. The molecular weight excluding hydrogens is 500 g/mol. The molecule has 196 valence electrons. The zero-order valence-electron chi connectivity index (χ0n) is 20.9. The van der Waals surface area contributed by atoms with Gasteiger partial charge in [-0.05, 0) is 48.3 Å². The Morgan fingerprint density at radius 3 is 2.54 bits per heavy atom. The van der Waals surface area contributed by atoms with Gasteiger partial charge in [-0.2, -0.15) is 0 Å². The maximum Gasteiger partial charge on any atom is 0.340 e. The van der Waals surface area contributed by atoms with E-state index in [1.165, 1.54) is 25.7 Å². The molecule has 1 saturated heterocycles. The smallest absolute Gasteiger partial charge is 0.340 e. The van der Waals surface area contributed by atoms with Crippen LogP contribution in [-0.2, 0) is 28.6 Å². The zero-order valence-corrected chi connectivity index (χ0v) is 21.7. The molecule has 2 aromatic rings. The van der Waals surface area contributed by atoms with Gasteiger partial charge < -0.3 is 18.6 Å². The largest absolute Gasteiger partial charge is 0.472 e. The normalized spacial score (nSPS) is 35.1. The lowest BCUT2D eigenvalue weighted by Crippen LogP contribution is -2.64. The lowest BCUT2D eigenvalue weighted by atomic mass is 9.43. The highest BCUT2D eigenvalue weighted by Gasteiger charge is 2.67. The van der Waals surface area contributed by atoms with Crippen LogP contribution in [0.5, 0.6) is 0 Å². The SMILES string of the molecule is COC(=O)[C@@H]1C[C@H](OC(=O)c2ccccc2Cl)C(=O)[C@H]2[C@@]1(C)CC[C@H]1C(=O)O[C@H](c3ccoc3)C[C@]21C. The Hall–Kier alpha value is -3.13. The predicted octanol–water partition coefficient (Wildman–Crippen LogP) is 4.95. The van der Waals surface area contributed by atoms with Gasteiger partial charge in [0.25, 0.3) is 0 Å². The quantitative estimate of drug-likeness (QED) is 0.405. The average Bonchev–Trinajstić information content (AvgIpc) is 3.40. The minimum Gasteiger partial charge on any atom is -0.472 e. The van der Waals surface area contributed by atoms with Gasteiger partial charge in [0.05, 0.1) is 42.1 Å². The molecule has 5 rings (SSSR count). The van der Waals surface area contributed by atoms with Crippen molar-refractivity contribution in [3.63, 3.8) is 0 Å². The second-order valence-corrected chi connectivity index (χ2v) is 11.2. The van der Waals surface area contributed by atoms with E-state index in [0.717, 1.165) is 0 Å². The summed E-state index contributed by atoms with van der Waals surface area (Å²) in [5.41, 5.74) is -0.798. The molecule has 37 heavy (non-hydrogen) atoms. The van der Waals surface area contributed by atoms with Crippen LogP contribution in [-0.4, -0.2) is 36.9 Å². The fraction of sp³-hybridized carbons (Fsp3) is 0.500. The third-order valence-electron chi connectivity index (χ3n) is 8.85. The number of ether oxygens (including phenoxy) is 3. The third-order valence-corrected chi connectivity index (χ3v) is 9.18. The van der Waals surface area contributed by atoms with E-state index in [2.05, 4.69) is 0 Å². The number of halogens is 1. The number of carbonyl (C=O) groups excluding carboxylic acids is 4. The highest BCUT2D eigenvalue weighted by Crippen LogP contribution is 2.65. The van der Waals surface area contributed by atoms with Crippen molar-refractivity contribution in [2.75, 3.05) is 7.11 Å². The molecule has 0 spiro atoms. The van der Waals surface area contributed by atoms with Crippen LogP contribution < -0.4 is 0 Å². The van der Waals surface area contributed by atoms with Crippen molar-refractivity contribution in [2.45, 2.75) is 51.7 Å². The summed E-state index contributed by atoms with van der Waals surface area (Å²) in [4.78, 5) is 53.5. The summed E-state index contributed by atoms with van der Waals surface area (Å²) in [6.45, 7) is 3.83. The van der Waals surface area contributed by atoms with Gasteiger partial charge in [0.1, 0.15) is 6.10 Å². The molecule has 0 bridgehead atoms. The topological polar surface area (TPSA) is 109 Å². The van der Waals surface area contributed by atoms with Crippen LogP contribution in [0.3, 0.4) is 0 Å². The number of ketones is 1. The number of benzene rings is 1. The predicted molar refractivity (Wildman–Crippen MR) is 130 cm³/mol. The molecule has 1 aromatic carbocycles. The highest BCUT2D eigenvalue weighted by molar-refractivity contribution is 6.33. The van der Waals surface area contributed by atoms with Crippen molar-refractivity contribution in [1.29, 1.82) is 0 Å². The maximum absolute atomic E-state index is 14.2. The molecule has 0 radical (unpaired) electrons. The second kappa shape index (κ2) is 9.31. The number of rotatable bonds is 4. The number of methoxy groups -OCH3 is 1. The first-order valence-electron chi connectivity index (χ1n) is 12.4. The second-order valence-electron chi connectivity index (χ2n) is 10.8. The van der Waals surface area contributed by atoms with Gasteiger partial charge in [-0.1, -0.05) is 37.6 Å². The molecule has 0 N–H and O–H groups in total. The van der Waals surface area contributed by atoms with E-state index in [9.17, 15) is 19.2 Å². The molecule has 3 aliphatic rings. The van der Waals surface area contributed by atoms with E-state index in [-0.39, 0.29) is 28.8 Å². The number of Topliss-reactive ketones (excluding diaryl/α,β-unsaturated/α-hetero) is 1. The molecule has 0 amide bonds. The van der Waals surface area contributed by atoms with Gasteiger partial charge in [0.2, 0.25) is 0 Å². The van der Waals surface area contributed by atoms with Crippen LogP contribution in [0.15, 0.2) is 47.3 Å². The number of cyclic esters (lactones) is 1. The summed E-state index contributed by atoms with van der Waals surface area (Å²) >= 11 is 6.18. The van der Waals surface area contributed by atoms with E-state index >= 15 is 0 Å². The average molecular weight is 529 g/mol. The number of hydrogen-bond acceptors (Lipinski definition) is 8. The Morgan fingerprint density at radius 2 is 1.86 bits per heavy atom. The van der Waals surface area contributed by atoms with Gasteiger partial charge in [-0.15, -0.1) is 0 Å². The lowest BCUT2D eigenvalue weighted by molar-refractivity contribution is -0.208. The summed E-state index contributed by atoms with van der Waals surface area (Å²) in [6, 6.07) is 8.15. The van der Waals surface area contributed by atoms with E-state index in [4.69, 9.17) is 30.2 Å². The van der Waals surface area contributed by atoms with Crippen molar-refractivity contribution in [2.24, 2.45) is 28.6 Å². The summed E-state index contributed by atoms with van der Waals surface area (Å²) in [5, 5.41) is 0.202. The maximum atomic E-state index is 14.2. The summed E-state index contributed by atoms with van der Waals surface area (Å²) in [7, 11) is 1.31. The molecule has 0 unspecified atom stereocenters. The molecule has 2 aliphatic carbocycles. The number of hydrogen-bond donors (Lipinski definition) is 0. The molecule has 8 nitrogen and oxygen atoms in total. The third kappa shape index (κ3) is 4.06. The Morgan fingerprint density at radius 1 is 1.11 bits per heavy atom. The van der Waals surface area contributed by atoms with Crippen molar-refractivity contribution in [1.82, 2.24) is 0 Å². The number of esters is 3. The van der Waals surface area contributed by atoms with E-state index < -0.39 is 52.7 Å². The Bertz CT molecular complexity index is 1240. The van der Waals surface area contributed by atoms with E-state index in [0.29, 0.717) is 24.8 Å². The van der Waals surface area contributed by atoms with Crippen molar-refractivity contribution >= 4 is 35.3 Å². The molecule has 9 heteroatoms. The van der Waals surface area contributed by atoms with Gasteiger partial charge in [0.15, 0.2) is 11.9 Å². The Balaban J connectivity index is 1.54. The molecular formula is C28H29ClO8. The molecule has 2 heterocycles. The lowest BCUT2D eigenvalue weighted by Gasteiger charge is -2.61. The van der Waals surface area contributed by atoms with Gasteiger partial charge >= 0.3 is 17.9 Å². The monoisotopic (exact) mass is 528 g/mol. The number of fused-ring (bicyclic) bond motifs is 3.